The van der Waals surface area contributed by atoms with Gasteiger partial charge in [0.1, 0.15) is 5.82 Å². The number of carbonyl (C=O) groups excluding carboxylic acids is 1. The molecule has 2 aromatic rings. The van der Waals surface area contributed by atoms with Crippen LogP contribution in [0.1, 0.15) is 37.9 Å². The number of nitrogens with one attached hydrogen (secondary N) is 2. The maximum atomic E-state index is 13.2. The zero-order valence-electron chi connectivity index (χ0n) is 14.6. The number of carbonyl (C=O) groups is 1. The first-order valence-electron chi connectivity index (χ1n) is 8.08. The molecule has 0 aliphatic heterocycles. The summed E-state index contributed by atoms with van der Waals surface area (Å²) >= 11 is 0. The van der Waals surface area contributed by atoms with Crippen molar-refractivity contribution >= 4 is 11.6 Å². The van der Waals surface area contributed by atoms with Crippen LogP contribution in [0.5, 0.6) is 0 Å². The molecule has 0 spiro atoms. The Bertz CT molecular complexity index is 773. The van der Waals surface area contributed by atoms with Gasteiger partial charge in [0, 0.05) is 11.7 Å². The van der Waals surface area contributed by atoms with Gasteiger partial charge >= 0.3 is 0 Å². The molecule has 0 aliphatic rings. The van der Waals surface area contributed by atoms with Gasteiger partial charge in [-0.3, -0.25) is 4.79 Å². The maximum Gasteiger partial charge on any atom is 0.238 e. The summed E-state index contributed by atoms with van der Waals surface area (Å²) < 4.78 is 13.2. The van der Waals surface area contributed by atoms with E-state index in [1.54, 1.807) is 36.4 Å². The Labute approximate surface area is 147 Å². The fraction of sp³-hybridized carbons (Fsp3) is 0.300. The van der Waals surface area contributed by atoms with Crippen molar-refractivity contribution in [3.63, 3.8) is 0 Å². The minimum absolute atomic E-state index is 0.107. The molecule has 2 N–H and O–H groups in total. The third-order valence-electron chi connectivity index (χ3n) is 3.81. The summed E-state index contributed by atoms with van der Waals surface area (Å²) in [5.41, 5.74) is 1.84. The van der Waals surface area contributed by atoms with Gasteiger partial charge in [0.15, 0.2) is 0 Å². The Hall–Kier alpha value is -2.71. The predicted octanol–water partition coefficient (Wildman–Crippen LogP) is 4.01. The highest BCUT2D eigenvalue weighted by Crippen LogP contribution is 2.32. The van der Waals surface area contributed by atoms with E-state index in [4.69, 9.17) is 5.26 Å². The summed E-state index contributed by atoms with van der Waals surface area (Å²) in [6, 6.07) is 15.0. The van der Waals surface area contributed by atoms with Gasteiger partial charge in [-0.25, -0.2) is 4.39 Å². The molecule has 0 saturated carbocycles. The minimum atomic E-state index is -0.286. The van der Waals surface area contributed by atoms with Crippen molar-refractivity contribution in [3.05, 3.63) is 65.5 Å². The van der Waals surface area contributed by atoms with E-state index in [9.17, 15) is 9.18 Å². The lowest BCUT2D eigenvalue weighted by Crippen LogP contribution is -2.37. The molecule has 130 valence electrons. The molecule has 2 rings (SSSR count). The molecule has 0 heterocycles. The normalized spacial score (nSPS) is 12.3. The van der Waals surface area contributed by atoms with Crippen molar-refractivity contribution in [2.24, 2.45) is 5.41 Å². The molecular formula is C20H22FN3O. The molecule has 0 radical (unpaired) electrons. The van der Waals surface area contributed by atoms with Crippen molar-refractivity contribution in [1.29, 1.82) is 5.26 Å². The molecule has 0 fully saturated rings. The third kappa shape index (κ3) is 5.40. The summed E-state index contributed by atoms with van der Waals surface area (Å²) in [5.74, 6) is -0.488. The van der Waals surface area contributed by atoms with E-state index in [0.717, 1.165) is 5.56 Å². The zero-order valence-corrected chi connectivity index (χ0v) is 14.6. The first-order valence-corrected chi connectivity index (χ1v) is 8.08. The molecule has 4 nitrogen and oxygen atoms in total. The highest BCUT2D eigenvalue weighted by atomic mass is 19.1. The average Bonchev–Trinajstić information content (AvgIpc) is 2.55. The summed E-state index contributed by atoms with van der Waals surface area (Å²) in [5, 5.41) is 14.9. The molecule has 1 amide bonds. The molecular weight excluding hydrogens is 317 g/mol. The Morgan fingerprint density at radius 3 is 2.48 bits per heavy atom. The fourth-order valence-corrected chi connectivity index (χ4v) is 2.65. The maximum absolute atomic E-state index is 13.2. The minimum Gasteiger partial charge on any atom is -0.325 e. The van der Waals surface area contributed by atoms with Gasteiger partial charge in [-0.15, -0.1) is 0 Å². The van der Waals surface area contributed by atoms with Gasteiger partial charge < -0.3 is 10.6 Å². The van der Waals surface area contributed by atoms with Crippen LogP contribution >= 0.6 is 0 Å². The van der Waals surface area contributed by atoms with Crippen LogP contribution in [-0.4, -0.2) is 12.5 Å². The average molecular weight is 339 g/mol. The summed E-state index contributed by atoms with van der Waals surface area (Å²) in [7, 11) is 0. The van der Waals surface area contributed by atoms with Crippen LogP contribution in [0.2, 0.25) is 0 Å². The molecule has 1 atom stereocenters. The summed E-state index contributed by atoms with van der Waals surface area (Å²) in [6.07, 6.45) is 0. The van der Waals surface area contributed by atoms with E-state index in [2.05, 4.69) is 31.4 Å². The van der Waals surface area contributed by atoms with E-state index in [0.29, 0.717) is 11.3 Å². The second kappa shape index (κ2) is 7.91. The van der Waals surface area contributed by atoms with E-state index in [1.807, 2.05) is 6.07 Å². The molecule has 0 saturated heterocycles. The molecule has 0 aliphatic carbocycles. The SMILES string of the molecule is CC(C)(C)C(NCC(=O)Nc1cccc(C#N)c1)c1ccc(F)cc1. The number of benzene rings is 2. The number of nitriles is 1. The lowest BCUT2D eigenvalue weighted by atomic mass is 9.82. The van der Waals surface area contributed by atoms with Crippen LogP contribution in [-0.2, 0) is 4.79 Å². The van der Waals surface area contributed by atoms with Gasteiger partial charge in [0.05, 0.1) is 18.2 Å². The number of nitrogens with zero attached hydrogens (tertiary/aromatic N) is 1. The van der Waals surface area contributed by atoms with Crippen LogP contribution in [0, 0.1) is 22.6 Å². The smallest absolute Gasteiger partial charge is 0.238 e. The largest absolute Gasteiger partial charge is 0.325 e. The van der Waals surface area contributed by atoms with Gasteiger partial charge in [-0.05, 0) is 41.3 Å². The van der Waals surface area contributed by atoms with Crippen LogP contribution in [0.4, 0.5) is 10.1 Å². The van der Waals surface area contributed by atoms with Crippen molar-refractivity contribution in [1.82, 2.24) is 5.32 Å². The molecule has 2 aromatic carbocycles. The number of hydrogen-bond donors (Lipinski definition) is 2. The van der Waals surface area contributed by atoms with Crippen LogP contribution in [0.25, 0.3) is 0 Å². The Balaban J connectivity index is 2.03. The zero-order chi connectivity index (χ0) is 18.4. The Morgan fingerprint density at radius 2 is 1.88 bits per heavy atom. The molecule has 1 unspecified atom stereocenters. The van der Waals surface area contributed by atoms with Gasteiger partial charge in [0.2, 0.25) is 5.91 Å². The molecule has 0 aromatic heterocycles. The monoisotopic (exact) mass is 339 g/mol. The molecule has 0 bridgehead atoms. The van der Waals surface area contributed by atoms with Crippen molar-refractivity contribution in [2.45, 2.75) is 26.8 Å². The lowest BCUT2D eigenvalue weighted by Gasteiger charge is -2.32. The molecule has 5 heteroatoms. The van der Waals surface area contributed by atoms with Gasteiger partial charge in [-0.1, -0.05) is 39.0 Å². The Kier molecular flexibility index (Phi) is 5.89. The Morgan fingerprint density at radius 1 is 1.20 bits per heavy atom. The topological polar surface area (TPSA) is 64.9 Å². The second-order valence-corrected chi connectivity index (χ2v) is 6.97. The second-order valence-electron chi connectivity index (χ2n) is 6.97. The first kappa shape index (κ1) is 18.6. The number of halogens is 1. The highest BCUT2D eigenvalue weighted by molar-refractivity contribution is 5.92. The van der Waals surface area contributed by atoms with E-state index >= 15 is 0 Å². The third-order valence-corrected chi connectivity index (χ3v) is 3.81. The molecule has 25 heavy (non-hydrogen) atoms. The first-order chi connectivity index (χ1) is 11.8. The standard InChI is InChI=1S/C20H22FN3O/c1-20(2,3)19(15-7-9-16(21)10-8-15)23-13-18(25)24-17-6-4-5-14(11-17)12-22/h4-11,19,23H,13H2,1-3H3,(H,24,25). The highest BCUT2D eigenvalue weighted by Gasteiger charge is 2.26. The van der Waals surface area contributed by atoms with Crippen LogP contribution in [0.15, 0.2) is 48.5 Å². The van der Waals surface area contributed by atoms with Crippen molar-refractivity contribution in [3.8, 4) is 6.07 Å². The van der Waals surface area contributed by atoms with E-state index in [-0.39, 0.29) is 29.7 Å². The van der Waals surface area contributed by atoms with Crippen LogP contribution < -0.4 is 10.6 Å². The number of amides is 1. The van der Waals surface area contributed by atoms with Crippen molar-refractivity contribution in [2.75, 3.05) is 11.9 Å². The van der Waals surface area contributed by atoms with E-state index < -0.39 is 0 Å². The van der Waals surface area contributed by atoms with Crippen molar-refractivity contribution < 1.29 is 9.18 Å². The van der Waals surface area contributed by atoms with Gasteiger partial charge in [0.25, 0.3) is 0 Å². The predicted molar refractivity (Wildman–Crippen MR) is 96.4 cm³/mol. The number of rotatable bonds is 5. The number of anilines is 1. The quantitative estimate of drug-likeness (QED) is 0.865. The summed E-state index contributed by atoms with van der Waals surface area (Å²) in [6.45, 7) is 6.28. The number of hydrogen-bond acceptors (Lipinski definition) is 3. The van der Waals surface area contributed by atoms with E-state index in [1.165, 1.54) is 12.1 Å². The van der Waals surface area contributed by atoms with Crippen LogP contribution in [0.3, 0.4) is 0 Å². The summed E-state index contributed by atoms with van der Waals surface area (Å²) in [4.78, 5) is 12.2. The fourth-order valence-electron chi connectivity index (χ4n) is 2.65. The lowest BCUT2D eigenvalue weighted by molar-refractivity contribution is -0.115. The van der Waals surface area contributed by atoms with Gasteiger partial charge in [-0.2, -0.15) is 5.26 Å².